The lowest BCUT2D eigenvalue weighted by Crippen LogP contribution is -2.51. The van der Waals surface area contributed by atoms with E-state index in [1.807, 2.05) is 6.92 Å². The molecule has 0 saturated carbocycles. The molecule has 1 saturated heterocycles. The molecule has 9 nitrogen and oxygen atoms in total. The average Bonchev–Trinajstić information content (AvgIpc) is 2.55. The molecule has 2 N–H and O–H groups in total. The maximum absolute atomic E-state index is 12.7. The van der Waals surface area contributed by atoms with Crippen molar-refractivity contribution in [3.8, 4) is 11.5 Å². The highest BCUT2D eigenvalue weighted by molar-refractivity contribution is 7.89. The molecule has 0 aliphatic carbocycles. The van der Waals surface area contributed by atoms with E-state index in [1.165, 1.54) is 0 Å². The van der Waals surface area contributed by atoms with Crippen molar-refractivity contribution in [2.45, 2.75) is 36.7 Å². The lowest BCUT2D eigenvalue weighted by atomic mass is 10.0. The second-order valence-electron chi connectivity index (χ2n) is 5.83. The molecule has 0 bridgehead atoms. The predicted octanol–water partition coefficient (Wildman–Crippen LogP) is 0.785. The standard InChI is InChI=1S/C14H19N3O6S/c1-9-10(3-2-4-15-9)16-24(20,21)14-8-13-12(22-5-6-23-13)7-11(14)17(18)19/h7-10,15-16H,2-6H2,1H3. The second kappa shape index (κ2) is 6.54. The van der Waals surface area contributed by atoms with E-state index in [4.69, 9.17) is 9.47 Å². The molecule has 1 aromatic rings. The summed E-state index contributed by atoms with van der Waals surface area (Å²) in [6.45, 7) is 3.23. The molecule has 0 radical (unpaired) electrons. The molecule has 3 rings (SSSR count). The van der Waals surface area contributed by atoms with Gasteiger partial charge in [0.1, 0.15) is 13.2 Å². The monoisotopic (exact) mass is 357 g/mol. The number of benzene rings is 1. The Hall–Kier alpha value is -1.91. The van der Waals surface area contributed by atoms with E-state index in [-0.39, 0.29) is 36.8 Å². The van der Waals surface area contributed by atoms with Gasteiger partial charge in [-0.3, -0.25) is 10.1 Å². The van der Waals surface area contributed by atoms with Crippen molar-refractivity contribution >= 4 is 15.7 Å². The summed E-state index contributed by atoms with van der Waals surface area (Å²) in [6.07, 6.45) is 1.51. The van der Waals surface area contributed by atoms with Crippen LogP contribution < -0.4 is 19.5 Å². The van der Waals surface area contributed by atoms with E-state index >= 15 is 0 Å². The van der Waals surface area contributed by atoms with E-state index in [1.54, 1.807) is 0 Å². The van der Waals surface area contributed by atoms with Gasteiger partial charge in [-0.2, -0.15) is 0 Å². The summed E-state index contributed by atoms with van der Waals surface area (Å²) in [7, 11) is -4.07. The topological polar surface area (TPSA) is 120 Å². The fourth-order valence-corrected chi connectivity index (χ4v) is 4.40. The van der Waals surface area contributed by atoms with E-state index < -0.39 is 25.5 Å². The Morgan fingerprint density at radius 3 is 2.58 bits per heavy atom. The molecule has 2 aliphatic rings. The molecule has 0 aromatic heterocycles. The molecule has 2 heterocycles. The van der Waals surface area contributed by atoms with Crippen LogP contribution in [0.25, 0.3) is 0 Å². The molecular formula is C14H19N3O6S. The number of nitrogens with one attached hydrogen (secondary N) is 2. The Morgan fingerprint density at radius 1 is 1.29 bits per heavy atom. The van der Waals surface area contributed by atoms with Gasteiger partial charge in [0.15, 0.2) is 16.4 Å². The normalized spacial score (nSPS) is 23.7. The summed E-state index contributed by atoms with van der Waals surface area (Å²) in [4.78, 5) is 10.2. The molecule has 10 heteroatoms. The number of hydrogen-bond acceptors (Lipinski definition) is 7. The highest BCUT2D eigenvalue weighted by Crippen LogP contribution is 2.38. The molecule has 1 fully saturated rings. The van der Waals surface area contributed by atoms with Crippen molar-refractivity contribution in [2.75, 3.05) is 19.8 Å². The third kappa shape index (κ3) is 3.30. The predicted molar refractivity (Wildman–Crippen MR) is 84.9 cm³/mol. The van der Waals surface area contributed by atoms with Crippen LogP contribution >= 0.6 is 0 Å². The van der Waals surface area contributed by atoms with Gasteiger partial charge in [0.2, 0.25) is 10.0 Å². The van der Waals surface area contributed by atoms with Crippen LogP contribution in [0.1, 0.15) is 19.8 Å². The van der Waals surface area contributed by atoms with Crippen LogP contribution in [0.2, 0.25) is 0 Å². The van der Waals surface area contributed by atoms with Crippen molar-refractivity contribution in [1.82, 2.24) is 10.0 Å². The van der Waals surface area contributed by atoms with Gasteiger partial charge in [0.05, 0.1) is 11.0 Å². The van der Waals surface area contributed by atoms with E-state index in [0.717, 1.165) is 25.1 Å². The Kier molecular flexibility index (Phi) is 4.61. The number of piperidine rings is 1. The van der Waals surface area contributed by atoms with Crippen molar-refractivity contribution in [3.63, 3.8) is 0 Å². The number of nitro benzene ring substituents is 1. The molecule has 24 heavy (non-hydrogen) atoms. The number of hydrogen-bond donors (Lipinski definition) is 2. The van der Waals surface area contributed by atoms with Gasteiger partial charge in [-0.1, -0.05) is 0 Å². The summed E-state index contributed by atoms with van der Waals surface area (Å²) in [5.74, 6) is 0.377. The average molecular weight is 357 g/mol. The summed E-state index contributed by atoms with van der Waals surface area (Å²) in [5.41, 5.74) is -0.525. The van der Waals surface area contributed by atoms with Crippen molar-refractivity contribution in [3.05, 3.63) is 22.2 Å². The molecule has 1 aromatic carbocycles. The maximum Gasteiger partial charge on any atom is 0.293 e. The first-order valence-corrected chi connectivity index (χ1v) is 9.20. The zero-order valence-electron chi connectivity index (χ0n) is 13.1. The third-order valence-electron chi connectivity index (χ3n) is 4.18. The minimum absolute atomic E-state index is 0.0511. The first-order valence-electron chi connectivity index (χ1n) is 7.72. The van der Waals surface area contributed by atoms with E-state index in [2.05, 4.69) is 10.0 Å². The Balaban J connectivity index is 1.98. The Bertz CT molecular complexity index is 751. The summed E-state index contributed by atoms with van der Waals surface area (Å²) in [5, 5.41) is 14.5. The highest BCUT2D eigenvalue weighted by Gasteiger charge is 2.33. The van der Waals surface area contributed by atoms with Gasteiger partial charge >= 0.3 is 0 Å². The zero-order valence-corrected chi connectivity index (χ0v) is 14.0. The zero-order chi connectivity index (χ0) is 17.3. The summed E-state index contributed by atoms with van der Waals surface area (Å²) in [6, 6.07) is 1.89. The van der Waals surface area contributed by atoms with Crippen LogP contribution in [0.15, 0.2) is 17.0 Å². The van der Waals surface area contributed by atoms with E-state index in [9.17, 15) is 18.5 Å². The fraction of sp³-hybridized carbons (Fsp3) is 0.571. The Morgan fingerprint density at radius 2 is 1.96 bits per heavy atom. The second-order valence-corrected chi connectivity index (χ2v) is 7.52. The van der Waals surface area contributed by atoms with Gasteiger partial charge in [0.25, 0.3) is 5.69 Å². The molecule has 2 unspecified atom stereocenters. The quantitative estimate of drug-likeness (QED) is 0.603. The molecule has 132 valence electrons. The molecule has 2 aliphatic heterocycles. The Labute approximate surface area is 139 Å². The highest BCUT2D eigenvalue weighted by atomic mass is 32.2. The minimum Gasteiger partial charge on any atom is -0.486 e. The van der Waals surface area contributed by atoms with Crippen LogP contribution in [0.3, 0.4) is 0 Å². The van der Waals surface area contributed by atoms with Crippen molar-refractivity contribution in [1.29, 1.82) is 0 Å². The van der Waals surface area contributed by atoms with Crippen LogP contribution in [0.4, 0.5) is 5.69 Å². The van der Waals surface area contributed by atoms with Crippen LogP contribution in [0.5, 0.6) is 11.5 Å². The lowest BCUT2D eigenvalue weighted by Gasteiger charge is -2.30. The number of fused-ring (bicyclic) bond motifs is 1. The van der Waals surface area contributed by atoms with Crippen LogP contribution in [0, 0.1) is 10.1 Å². The summed E-state index contributed by atoms with van der Waals surface area (Å²) >= 11 is 0. The summed E-state index contributed by atoms with van der Waals surface area (Å²) < 4.78 is 38.7. The molecule has 0 amide bonds. The number of nitro groups is 1. The number of ether oxygens (including phenoxy) is 2. The van der Waals surface area contributed by atoms with E-state index in [0.29, 0.717) is 6.42 Å². The minimum atomic E-state index is -4.07. The molecule has 0 spiro atoms. The SMILES string of the molecule is CC1NCCCC1NS(=O)(=O)c1cc2c(cc1[N+](=O)[O-])OCCO2. The number of rotatable bonds is 4. The smallest absolute Gasteiger partial charge is 0.293 e. The van der Waals surface area contributed by atoms with Gasteiger partial charge in [0, 0.05) is 18.2 Å². The third-order valence-corrected chi connectivity index (χ3v) is 5.70. The first kappa shape index (κ1) is 16.9. The lowest BCUT2D eigenvalue weighted by molar-refractivity contribution is -0.388. The largest absolute Gasteiger partial charge is 0.486 e. The molecule has 2 atom stereocenters. The van der Waals surface area contributed by atoms with Crippen LogP contribution in [-0.2, 0) is 10.0 Å². The maximum atomic E-state index is 12.7. The van der Waals surface area contributed by atoms with Crippen molar-refractivity contribution in [2.24, 2.45) is 0 Å². The van der Waals surface area contributed by atoms with Gasteiger partial charge in [-0.05, 0) is 26.3 Å². The van der Waals surface area contributed by atoms with Gasteiger partial charge in [-0.15, -0.1) is 0 Å². The van der Waals surface area contributed by atoms with Crippen LogP contribution in [-0.4, -0.2) is 45.2 Å². The van der Waals surface area contributed by atoms with Crippen molar-refractivity contribution < 1.29 is 22.8 Å². The van der Waals surface area contributed by atoms with Gasteiger partial charge in [-0.25, -0.2) is 13.1 Å². The number of nitrogens with zero attached hydrogens (tertiary/aromatic N) is 1. The molecular weight excluding hydrogens is 338 g/mol. The van der Waals surface area contributed by atoms with Gasteiger partial charge < -0.3 is 14.8 Å². The number of sulfonamides is 1. The fourth-order valence-electron chi connectivity index (χ4n) is 2.89. The first-order chi connectivity index (χ1) is 11.4.